The van der Waals surface area contributed by atoms with E-state index in [2.05, 4.69) is 39.2 Å². The first-order valence-corrected chi connectivity index (χ1v) is 10.2. The SMILES string of the molecule is NC(=O)c1cccc2c(C3NC4=C(CC=CC=N4)C(NCc4ccccc4)N3)occ12. The van der Waals surface area contributed by atoms with E-state index >= 15 is 0 Å². The number of carbonyl (C=O) groups is 1. The molecule has 2 aromatic carbocycles. The van der Waals surface area contributed by atoms with E-state index in [1.807, 2.05) is 36.4 Å². The molecule has 5 N–H and O–H groups in total. The molecule has 1 aromatic heterocycles. The third-order valence-corrected chi connectivity index (χ3v) is 5.59. The van der Waals surface area contributed by atoms with Gasteiger partial charge in [-0.05, 0) is 24.1 Å². The van der Waals surface area contributed by atoms with Crippen LogP contribution in [0.4, 0.5) is 0 Å². The van der Waals surface area contributed by atoms with Gasteiger partial charge in [0.25, 0.3) is 0 Å². The van der Waals surface area contributed by atoms with Crippen molar-refractivity contribution in [2.24, 2.45) is 10.7 Å². The van der Waals surface area contributed by atoms with Gasteiger partial charge in [0.05, 0.1) is 18.0 Å². The summed E-state index contributed by atoms with van der Waals surface area (Å²) in [5, 5.41) is 12.2. The van der Waals surface area contributed by atoms with Gasteiger partial charge in [0.15, 0.2) is 0 Å². The number of hydrogen-bond acceptors (Lipinski definition) is 6. The zero-order valence-corrected chi connectivity index (χ0v) is 16.8. The summed E-state index contributed by atoms with van der Waals surface area (Å²) >= 11 is 0. The van der Waals surface area contributed by atoms with Gasteiger partial charge in [0.2, 0.25) is 5.91 Å². The number of hydrogen-bond donors (Lipinski definition) is 4. The molecule has 3 aromatic rings. The van der Waals surface area contributed by atoms with Crippen molar-refractivity contribution in [2.45, 2.75) is 25.3 Å². The summed E-state index contributed by atoms with van der Waals surface area (Å²) in [6.07, 6.45) is 7.75. The molecule has 0 spiro atoms. The van der Waals surface area contributed by atoms with Gasteiger partial charge in [-0.15, -0.1) is 0 Å². The van der Waals surface area contributed by atoms with Crippen molar-refractivity contribution in [3.05, 3.63) is 95.2 Å². The smallest absolute Gasteiger partial charge is 0.249 e. The zero-order chi connectivity index (χ0) is 21.2. The number of fused-ring (bicyclic) bond motifs is 1. The van der Waals surface area contributed by atoms with Crippen molar-refractivity contribution in [2.75, 3.05) is 0 Å². The third kappa shape index (κ3) is 3.76. The van der Waals surface area contributed by atoms with Crippen LogP contribution in [0.25, 0.3) is 10.8 Å². The van der Waals surface area contributed by atoms with Crippen LogP contribution in [0.5, 0.6) is 0 Å². The molecule has 5 rings (SSSR count). The highest BCUT2D eigenvalue weighted by molar-refractivity contribution is 6.06. The first-order chi connectivity index (χ1) is 15.2. The van der Waals surface area contributed by atoms with Crippen LogP contribution in [0.1, 0.15) is 34.3 Å². The molecule has 0 radical (unpaired) electrons. The number of aliphatic imine (C=N–C) groups is 1. The molecule has 0 saturated carbocycles. The van der Waals surface area contributed by atoms with Crippen LogP contribution in [0.15, 0.2) is 87.7 Å². The highest BCUT2D eigenvalue weighted by atomic mass is 16.3. The Morgan fingerprint density at radius 3 is 2.87 bits per heavy atom. The monoisotopic (exact) mass is 413 g/mol. The van der Waals surface area contributed by atoms with Crippen LogP contribution in [0.2, 0.25) is 0 Å². The van der Waals surface area contributed by atoms with E-state index in [0.717, 1.165) is 23.2 Å². The molecule has 7 nitrogen and oxygen atoms in total. The minimum Gasteiger partial charge on any atom is -0.464 e. The Balaban J connectivity index is 1.48. The normalized spacial score (nSPS) is 20.4. The molecular formula is C24H23N5O2. The van der Waals surface area contributed by atoms with Gasteiger partial charge >= 0.3 is 0 Å². The molecule has 1 amide bonds. The van der Waals surface area contributed by atoms with E-state index in [1.54, 1.807) is 18.5 Å². The van der Waals surface area contributed by atoms with Crippen LogP contribution in [-0.4, -0.2) is 18.3 Å². The number of allylic oxidation sites excluding steroid dienone is 2. The van der Waals surface area contributed by atoms with Crippen LogP contribution < -0.4 is 21.7 Å². The largest absolute Gasteiger partial charge is 0.464 e. The van der Waals surface area contributed by atoms with Gasteiger partial charge in [-0.1, -0.05) is 48.5 Å². The molecule has 7 heteroatoms. The lowest BCUT2D eigenvalue weighted by atomic mass is 10.0. The van der Waals surface area contributed by atoms with Gasteiger partial charge in [0.1, 0.15) is 17.7 Å². The third-order valence-electron chi connectivity index (χ3n) is 5.59. The molecule has 2 aliphatic rings. The minimum absolute atomic E-state index is 0.110. The quantitative estimate of drug-likeness (QED) is 0.515. The number of benzene rings is 2. The highest BCUT2D eigenvalue weighted by Gasteiger charge is 2.31. The molecule has 31 heavy (non-hydrogen) atoms. The maximum atomic E-state index is 11.8. The second kappa shape index (κ2) is 8.22. The molecule has 0 aliphatic carbocycles. The fourth-order valence-corrected chi connectivity index (χ4v) is 4.05. The summed E-state index contributed by atoms with van der Waals surface area (Å²) < 4.78 is 5.92. The maximum Gasteiger partial charge on any atom is 0.249 e. The number of rotatable bonds is 5. The van der Waals surface area contributed by atoms with Crippen LogP contribution in [0, 0.1) is 0 Å². The number of nitrogens with zero attached hydrogens (tertiary/aromatic N) is 1. The molecular weight excluding hydrogens is 390 g/mol. The van der Waals surface area contributed by atoms with E-state index in [0.29, 0.717) is 23.3 Å². The molecule has 0 saturated heterocycles. The number of amides is 1. The summed E-state index contributed by atoms with van der Waals surface area (Å²) in [4.78, 5) is 16.4. The fraction of sp³-hybridized carbons (Fsp3) is 0.167. The van der Waals surface area contributed by atoms with Gasteiger partial charge in [-0.3, -0.25) is 15.4 Å². The number of carbonyl (C=O) groups excluding carboxylic acids is 1. The van der Waals surface area contributed by atoms with E-state index < -0.39 is 5.91 Å². The topological polar surface area (TPSA) is 105 Å². The lowest BCUT2D eigenvalue weighted by molar-refractivity contribution is 0.100. The van der Waals surface area contributed by atoms with Crippen molar-refractivity contribution in [1.29, 1.82) is 0 Å². The average Bonchev–Trinajstić information content (AvgIpc) is 3.08. The van der Waals surface area contributed by atoms with Gasteiger partial charge in [-0.25, -0.2) is 4.99 Å². The van der Waals surface area contributed by atoms with Crippen molar-refractivity contribution in [1.82, 2.24) is 16.0 Å². The van der Waals surface area contributed by atoms with Crippen LogP contribution in [-0.2, 0) is 6.54 Å². The van der Waals surface area contributed by atoms with E-state index in [-0.39, 0.29) is 12.3 Å². The standard InChI is InChI=1S/C24H23N5O2/c25-21(30)17-11-6-10-16-19(17)14-31-20(16)24-28-22-18(9-4-5-12-26-22)23(29-24)27-13-15-7-2-1-3-8-15/h1-8,10-12,14,23-24,27-29H,9,13H2,(H2,25,30). The summed E-state index contributed by atoms with van der Waals surface area (Å²) in [5.74, 6) is 1.02. The Labute approximate surface area is 179 Å². The first-order valence-electron chi connectivity index (χ1n) is 10.2. The summed E-state index contributed by atoms with van der Waals surface area (Å²) in [5.41, 5.74) is 8.31. The molecule has 3 heterocycles. The van der Waals surface area contributed by atoms with E-state index in [4.69, 9.17) is 10.2 Å². The number of nitrogens with one attached hydrogen (secondary N) is 3. The molecule has 2 unspecified atom stereocenters. The average molecular weight is 413 g/mol. The number of primary amides is 1. The summed E-state index contributed by atoms with van der Waals surface area (Å²) in [7, 11) is 0. The Hall–Kier alpha value is -3.68. The highest BCUT2D eigenvalue weighted by Crippen LogP contribution is 2.32. The Kier molecular flexibility index (Phi) is 5.11. The van der Waals surface area contributed by atoms with E-state index in [9.17, 15) is 4.79 Å². The van der Waals surface area contributed by atoms with Gasteiger partial charge in [-0.2, -0.15) is 0 Å². The van der Waals surface area contributed by atoms with Crippen molar-refractivity contribution in [3.8, 4) is 0 Å². The van der Waals surface area contributed by atoms with Crippen molar-refractivity contribution >= 4 is 22.9 Å². The predicted molar refractivity (Wildman–Crippen MR) is 120 cm³/mol. The maximum absolute atomic E-state index is 11.8. The molecule has 0 bridgehead atoms. The van der Waals surface area contributed by atoms with Gasteiger partial charge in [0, 0.05) is 29.1 Å². The van der Waals surface area contributed by atoms with Crippen molar-refractivity contribution in [3.63, 3.8) is 0 Å². The predicted octanol–water partition coefficient (Wildman–Crippen LogP) is 3.08. The lowest BCUT2D eigenvalue weighted by Crippen LogP contribution is -2.53. The Morgan fingerprint density at radius 1 is 1.16 bits per heavy atom. The Morgan fingerprint density at radius 2 is 2.03 bits per heavy atom. The van der Waals surface area contributed by atoms with Crippen LogP contribution in [0.3, 0.4) is 0 Å². The number of nitrogens with two attached hydrogens (primary N) is 1. The second-order valence-electron chi connectivity index (χ2n) is 7.56. The second-order valence-corrected chi connectivity index (χ2v) is 7.56. The lowest BCUT2D eigenvalue weighted by Gasteiger charge is -2.34. The summed E-state index contributed by atoms with van der Waals surface area (Å²) in [6.45, 7) is 0.708. The Bertz CT molecular complexity index is 1210. The first kappa shape index (κ1) is 19.3. The number of furan rings is 1. The van der Waals surface area contributed by atoms with E-state index in [1.165, 1.54) is 5.56 Å². The molecule has 2 aliphatic heterocycles. The minimum atomic E-state index is -0.477. The molecule has 156 valence electrons. The molecule has 2 atom stereocenters. The van der Waals surface area contributed by atoms with Gasteiger partial charge < -0.3 is 15.5 Å². The zero-order valence-electron chi connectivity index (χ0n) is 16.8. The fourth-order valence-electron chi connectivity index (χ4n) is 4.05. The van der Waals surface area contributed by atoms with Crippen molar-refractivity contribution < 1.29 is 9.21 Å². The summed E-state index contributed by atoms with van der Waals surface area (Å²) in [6, 6.07) is 15.7. The molecule has 0 fully saturated rings. The van der Waals surface area contributed by atoms with Crippen LogP contribution >= 0.6 is 0 Å².